The smallest absolute Gasteiger partial charge is 0.251 e. The van der Waals surface area contributed by atoms with Gasteiger partial charge in [0.1, 0.15) is 0 Å². The Kier molecular flexibility index (Phi) is 7.10. The number of amides is 1. The fraction of sp³-hybridized carbons (Fsp3) is 0.381. The van der Waals surface area contributed by atoms with Gasteiger partial charge in [-0.3, -0.25) is 9.69 Å². The lowest BCUT2D eigenvalue weighted by Gasteiger charge is -2.28. The Morgan fingerprint density at radius 1 is 1.14 bits per heavy atom. The van der Waals surface area contributed by atoms with E-state index in [1.807, 2.05) is 18.2 Å². The molecule has 1 aliphatic rings. The van der Waals surface area contributed by atoms with Crippen LogP contribution in [0.3, 0.4) is 0 Å². The van der Waals surface area contributed by atoms with Crippen molar-refractivity contribution >= 4 is 31.9 Å². The van der Waals surface area contributed by atoms with E-state index >= 15 is 0 Å². The summed E-state index contributed by atoms with van der Waals surface area (Å²) in [5, 5.41) is 3.00. The summed E-state index contributed by atoms with van der Waals surface area (Å²) < 4.78 is 26.6. The Balaban J connectivity index is 1.79. The number of nitrogens with zero attached hydrogens (tertiary/aromatic N) is 2. The van der Waals surface area contributed by atoms with Crippen LogP contribution >= 0.6 is 15.9 Å². The molecule has 1 N–H and O–H groups in total. The zero-order valence-electron chi connectivity index (χ0n) is 16.6. The zero-order chi connectivity index (χ0) is 21.0. The fourth-order valence-corrected chi connectivity index (χ4v) is 5.36. The molecule has 1 unspecified atom stereocenters. The van der Waals surface area contributed by atoms with Crippen molar-refractivity contribution in [2.45, 2.75) is 23.8 Å². The summed E-state index contributed by atoms with van der Waals surface area (Å²) in [5.74, 6) is -0.284. The topological polar surface area (TPSA) is 69.7 Å². The van der Waals surface area contributed by atoms with Gasteiger partial charge in [-0.25, -0.2) is 12.7 Å². The number of halogens is 1. The van der Waals surface area contributed by atoms with Crippen molar-refractivity contribution in [1.82, 2.24) is 14.5 Å². The first kappa shape index (κ1) is 22.0. The summed E-state index contributed by atoms with van der Waals surface area (Å²) in [7, 11) is -0.718. The van der Waals surface area contributed by atoms with E-state index in [1.54, 1.807) is 12.1 Å². The van der Waals surface area contributed by atoms with E-state index in [2.05, 4.69) is 38.3 Å². The molecule has 3 rings (SSSR count). The highest BCUT2D eigenvalue weighted by Gasteiger charge is 2.25. The number of sulfonamides is 1. The molecule has 2 aromatic carbocycles. The number of nitrogens with one attached hydrogen (secondary N) is 1. The molecule has 1 fully saturated rings. The maximum absolute atomic E-state index is 12.8. The molecule has 1 saturated heterocycles. The summed E-state index contributed by atoms with van der Waals surface area (Å²) in [4.78, 5) is 15.3. The molecule has 1 heterocycles. The summed E-state index contributed by atoms with van der Waals surface area (Å²) in [6.07, 6.45) is 2.32. The molecule has 0 aromatic heterocycles. The Morgan fingerprint density at radius 2 is 1.79 bits per heavy atom. The second-order valence-electron chi connectivity index (χ2n) is 7.31. The number of likely N-dealkylation sites (tertiary alicyclic amines) is 1. The lowest BCUT2D eigenvalue weighted by Crippen LogP contribution is -2.36. The molecule has 2 aromatic rings. The molecule has 29 heavy (non-hydrogen) atoms. The average molecular weight is 480 g/mol. The summed E-state index contributed by atoms with van der Waals surface area (Å²) in [5.41, 5.74) is 1.49. The van der Waals surface area contributed by atoms with Crippen molar-refractivity contribution in [3.05, 3.63) is 64.1 Å². The molecular formula is C21H26BrN3O3S. The molecule has 8 heteroatoms. The van der Waals surface area contributed by atoms with E-state index in [1.165, 1.54) is 25.7 Å². The molecule has 0 aliphatic carbocycles. The normalized spacial score (nSPS) is 16.1. The van der Waals surface area contributed by atoms with Gasteiger partial charge in [0.25, 0.3) is 5.91 Å². The molecule has 1 aliphatic heterocycles. The highest BCUT2D eigenvalue weighted by molar-refractivity contribution is 9.10. The minimum atomic E-state index is -3.65. The van der Waals surface area contributed by atoms with E-state index in [9.17, 15) is 13.2 Å². The first-order valence-corrected chi connectivity index (χ1v) is 11.8. The molecule has 6 nitrogen and oxygen atoms in total. The number of benzene rings is 2. The Morgan fingerprint density at radius 3 is 2.41 bits per heavy atom. The molecule has 1 atom stereocenters. The van der Waals surface area contributed by atoms with Gasteiger partial charge in [-0.2, -0.15) is 0 Å². The Labute approximate surface area is 181 Å². The standard InChI is InChI=1S/C21H26BrN3O3S/c1-24(2)29(27,28)20-14-17(10-11-18(20)22)21(26)23-15-19(25-12-6-7-13-25)16-8-4-3-5-9-16/h3-5,8-11,14,19H,6-7,12-13,15H2,1-2H3,(H,23,26). The monoisotopic (exact) mass is 479 g/mol. The number of carbonyl (C=O) groups excluding carboxylic acids is 1. The lowest BCUT2D eigenvalue weighted by atomic mass is 10.1. The third-order valence-corrected chi connectivity index (χ3v) is 7.98. The van der Waals surface area contributed by atoms with Crippen molar-refractivity contribution in [2.24, 2.45) is 0 Å². The van der Waals surface area contributed by atoms with Crippen LogP contribution in [0, 0.1) is 0 Å². The van der Waals surface area contributed by atoms with Gasteiger partial charge < -0.3 is 5.32 Å². The minimum absolute atomic E-state index is 0.0781. The van der Waals surface area contributed by atoms with Crippen LogP contribution < -0.4 is 5.32 Å². The van der Waals surface area contributed by atoms with E-state index in [4.69, 9.17) is 0 Å². The first-order chi connectivity index (χ1) is 13.8. The van der Waals surface area contributed by atoms with Crippen molar-refractivity contribution < 1.29 is 13.2 Å². The van der Waals surface area contributed by atoms with Crippen molar-refractivity contribution in [3.8, 4) is 0 Å². The van der Waals surface area contributed by atoms with Crippen LogP contribution in [0.5, 0.6) is 0 Å². The average Bonchev–Trinajstić information content (AvgIpc) is 3.23. The molecule has 0 spiro atoms. The van der Waals surface area contributed by atoms with Crippen LogP contribution in [0.15, 0.2) is 57.9 Å². The SMILES string of the molecule is CN(C)S(=O)(=O)c1cc(C(=O)NCC(c2ccccc2)N2CCCC2)ccc1Br. The molecule has 0 saturated carbocycles. The van der Waals surface area contributed by atoms with E-state index in [0.717, 1.165) is 30.2 Å². The van der Waals surface area contributed by atoms with Gasteiger partial charge in [0.15, 0.2) is 0 Å². The zero-order valence-corrected chi connectivity index (χ0v) is 19.0. The quantitative estimate of drug-likeness (QED) is 0.661. The number of hydrogen-bond acceptors (Lipinski definition) is 4. The van der Waals surface area contributed by atoms with E-state index < -0.39 is 10.0 Å². The molecule has 156 valence electrons. The van der Waals surface area contributed by atoms with Gasteiger partial charge >= 0.3 is 0 Å². The number of hydrogen-bond donors (Lipinski definition) is 1. The third kappa shape index (κ3) is 5.06. The van der Waals surface area contributed by atoms with Crippen LogP contribution in [0.4, 0.5) is 0 Å². The highest BCUT2D eigenvalue weighted by Crippen LogP contribution is 2.26. The predicted octanol–water partition coefficient (Wildman–Crippen LogP) is 3.27. The third-order valence-electron chi connectivity index (χ3n) is 5.17. The van der Waals surface area contributed by atoms with Gasteiger partial charge in [0.2, 0.25) is 10.0 Å². The predicted molar refractivity (Wildman–Crippen MR) is 117 cm³/mol. The maximum Gasteiger partial charge on any atom is 0.251 e. The summed E-state index contributed by atoms with van der Waals surface area (Å²) in [6.45, 7) is 2.49. The second-order valence-corrected chi connectivity index (χ2v) is 10.3. The number of rotatable bonds is 7. The minimum Gasteiger partial charge on any atom is -0.350 e. The Bertz CT molecular complexity index is 958. The van der Waals surface area contributed by atoms with Crippen LogP contribution in [-0.2, 0) is 10.0 Å². The number of carbonyl (C=O) groups is 1. The van der Waals surface area contributed by atoms with Gasteiger partial charge in [-0.1, -0.05) is 30.3 Å². The van der Waals surface area contributed by atoms with E-state index in [0.29, 0.717) is 16.6 Å². The largest absolute Gasteiger partial charge is 0.350 e. The molecular weight excluding hydrogens is 454 g/mol. The van der Waals surface area contributed by atoms with E-state index in [-0.39, 0.29) is 16.8 Å². The maximum atomic E-state index is 12.8. The van der Waals surface area contributed by atoms with Gasteiger partial charge in [-0.15, -0.1) is 0 Å². The van der Waals surface area contributed by atoms with Crippen molar-refractivity contribution in [1.29, 1.82) is 0 Å². The summed E-state index contributed by atoms with van der Waals surface area (Å²) >= 11 is 3.28. The van der Waals surface area contributed by atoms with Crippen LogP contribution in [-0.4, -0.2) is 57.3 Å². The molecule has 0 radical (unpaired) electrons. The van der Waals surface area contributed by atoms with Gasteiger partial charge in [-0.05, 0) is 65.6 Å². The van der Waals surface area contributed by atoms with Crippen molar-refractivity contribution in [3.63, 3.8) is 0 Å². The molecule has 1 amide bonds. The van der Waals surface area contributed by atoms with Crippen LogP contribution in [0.2, 0.25) is 0 Å². The van der Waals surface area contributed by atoms with Crippen LogP contribution in [0.1, 0.15) is 34.8 Å². The fourth-order valence-electron chi connectivity index (χ4n) is 3.52. The van der Waals surface area contributed by atoms with Crippen molar-refractivity contribution in [2.75, 3.05) is 33.7 Å². The molecule has 0 bridgehead atoms. The van der Waals surface area contributed by atoms with Gasteiger partial charge in [0.05, 0.1) is 10.9 Å². The first-order valence-electron chi connectivity index (χ1n) is 9.60. The highest BCUT2D eigenvalue weighted by atomic mass is 79.9. The second kappa shape index (κ2) is 9.38. The van der Waals surface area contributed by atoms with Crippen LogP contribution in [0.25, 0.3) is 0 Å². The Hall–Kier alpha value is -1.74. The van der Waals surface area contributed by atoms with Gasteiger partial charge in [0, 0.05) is 30.7 Å². The lowest BCUT2D eigenvalue weighted by molar-refractivity contribution is 0.0937. The summed E-state index contributed by atoms with van der Waals surface area (Å²) in [6, 6.07) is 14.9.